The van der Waals surface area contributed by atoms with E-state index in [-0.39, 0.29) is 0 Å². The summed E-state index contributed by atoms with van der Waals surface area (Å²) in [5.74, 6) is 0.790. The van der Waals surface area contributed by atoms with Gasteiger partial charge in [-0.3, -0.25) is 4.79 Å². The smallest absolute Gasteiger partial charge is 0.248 e. The van der Waals surface area contributed by atoms with Crippen LogP contribution in [0.3, 0.4) is 0 Å². The Balaban J connectivity index is 2.04. The van der Waals surface area contributed by atoms with E-state index < -0.39 is 5.91 Å². The molecule has 0 atom stereocenters. The average molecular weight is 304 g/mol. The number of amides is 1. The molecule has 0 unspecified atom stereocenters. The third-order valence-corrected chi connectivity index (χ3v) is 3.63. The normalized spacial score (nSPS) is 10.7. The Labute approximate surface area is 129 Å². The molecule has 0 bridgehead atoms. The number of carbonyl (C=O) groups is 1. The lowest BCUT2D eigenvalue weighted by atomic mass is 10.0. The van der Waals surface area contributed by atoms with Gasteiger partial charge in [0, 0.05) is 16.1 Å². The Kier molecular flexibility index (Phi) is 4.86. The Morgan fingerprint density at radius 3 is 2.38 bits per heavy atom. The fourth-order valence-electron chi connectivity index (χ4n) is 1.93. The van der Waals surface area contributed by atoms with Crippen LogP contribution in [0.1, 0.15) is 41.3 Å². The van der Waals surface area contributed by atoms with Gasteiger partial charge >= 0.3 is 0 Å². The number of hydrogen-bond acceptors (Lipinski definition) is 2. The third-order valence-electron chi connectivity index (χ3n) is 3.28. The van der Waals surface area contributed by atoms with Crippen molar-refractivity contribution in [3.63, 3.8) is 0 Å². The number of hydrogen-bond donors (Lipinski definition) is 1. The first kappa shape index (κ1) is 15.4. The minimum atomic E-state index is -0.492. The van der Waals surface area contributed by atoms with Crippen molar-refractivity contribution in [3.8, 4) is 5.75 Å². The van der Waals surface area contributed by atoms with Gasteiger partial charge in [0.1, 0.15) is 12.4 Å². The van der Waals surface area contributed by atoms with Gasteiger partial charge < -0.3 is 10.5 Å². The lowest BCUT2D eigenvalue weighted by Crippen LogP contribution is -2.11. The van der Waals surface area contributed by atoms with Gasteiger partial charge in [0.05, 0.1) is 0 Å². The Morgan fingerprint density at radius 1 is 1.19 bits per heavy atom. The van der Waals surface area contributed by atoms with Crippen molar-refractivity contribution in [2.75, 3.05) is 0 Å². The molecule has 0 spiro atoms. The van der Waals surface area contributed by atoms with Gasteiger partial charge in [-0.15, -0.1) is 0 Å². The van der Waals surface area contributed by atoms with Crippen molar-refractivity contribution in [1.82, 2.24) is 0 Å². The van der Waals surface area contributed by atoms with Crippen molar-refractivity contribution in [1.29, 1.82) is 0 Å². The summed E-state index contributed by atoms with van der Waals surface area (Å²) >= 11 is 6.12. The fraction of sp³-hybridized carbons (Fsp3) is 0.235. The quantitative estimate of drug-likeness (QED) is 0.902. The van der Waals surface area contributed by atoms with Crippen LogP contribution >= 0.6 is 11.6 Å². The average Bonchev–Trinajstić information content (AvgIpc) is 2.46. The van der Waals surface area contributed by atoms with E-state index in [9.17, 15) is 4.79 Å². The molecule has 0 aliphatic rings. The van der Waals surface area contributed by atoms with Crippen LogP contribution in [0.15, 0.2) is 42.5 Å². The molecule has 2 aromatic rings. The van der Waals surface area contributed by atoms with E-state index in [2.05, 4.69) is 26.0 Å². The Bertz CT molecular complexity index is 636. The van der Waals surface area contributed by atoms with Crippen LogP contribution in [0.4, 0.5) is 0 Å². The monoisotopic (exact) mass is 303 g/mol. The van der Waals surface area contributed by atoms with E-state index in [0.29, 0.717) is 23.1 Å². The summed E-state index contributed by atoms with van der Waals surface area (Å²) in [6.07, 6.45) is 0. The summed E-state index contributed by atoms with van der Waals surface area (Å²) in [5.41, 5.74) is 7.69. The number of halogens is 1. The molecule has 1 amide bonds. The molecule has 0 aliphatic carbocycles. The molecule has 2 rings (SSSR count). The maximum absolute atomic E-state index is 11.1. The van der Waals surface area contributed by atoms with Crippen molar-refractivity contribution in [2.24, 2.45) is 5.73 Å². The SMILES string of the molecule is CC(C)c1ccc(OCc2ccc(C(N)=O)cc2Cl)cc1. The Hall–Kier alpha value is -2.00. The van der Waals surface area contributed by atoms with Crippen LogP contribution in [-0.4, -0.2) is 5.91 Å². The lowest BCUT2D eigenvalue weighted by molar-refractivity contribution is 0.1000. The van der Waals surface area contributed by atoms with Gasteiger partial charge in [-0.05, 0) is 35.7 Å². The molecule has 2 N–H and O–H groups in total. The number of rotatable bonds is 5. The molecule has 0 heterocycles. The highest BCUT2D eigenvalue weighted by Crippen LogP contribution is 2.22. The van der Waals surface area contributed by atoms with Crippen LogP contribution in [0.25, 0.3) is 0 Å². The van der Waals surface area contributed by atoms with E-state index in [1.807, 2.05) is 12.1 Å². The maximum atomic E-state index is 11.1. The van der Waals surface area contributed by atoms with E-state index in [4.69, 9.17) is 22.1 Å². The van der Waals surface area contributed by atoms with Crippen LogP contribution in [-0.2, 0) is 6.61 Å². The molecular formula is C17H18ClNO2. The molecule has 0 radical (unpaired) electrons. The first-order valence-electron chi connectivity index (χ1n) is 6.78. The largest absolute Gasteiger partial charge is 0.489 e. The highest BCUT2D eigenvalue weighted by atomic mass is 35.5. The van der Waals surface area contributed by atoms with Crippen molar-refractivity contribution in [3.05, 3.63) is 64.2 Å². The van der Waals surface area contributed by atoms with E-state index in [0.717, 1.165) is 11.3 Å². The molecule has 0 fully saturated rings. The van der Waals surface area contributed by atoms with Crippen molar-refractivity contribution >= 4 is 17.5 Å². The zero-order valence-corrected chi connectivity index (χ0v) is 12.9. The topological polar surface area (TPSA) is 52.3 Å². The van der Waals surface area contributed by atoms with Crippen molar-refractivity contribution < 1.29 is 9.53 Å². The standard InChI is InChI=1S/C17H18ClNO2/c1-11(2)12-5-7-15(8-6-12)21-10-14-4-3-13(17(19)20)9-16(14)18/h3-9,11H,10H2,1-2H3,(H2,19,20). The van der Waals surface area contributed by atoms with Gasteiger partial charge in [0.2, 0.25) is 5.91 Å². The molecule has 0 saturated carbocycles. The molecule has 4 heteroatoms. The number of ether oxygens (including phenoxy) is 1. The maximum Gasteiger partial charge on any atom is 0.248 e. The highest BCUT2D eigenvalue weighted by molar-refractivity contribution is 6.31. The third kappa shape index (κ3) is 3.99. The van der Waals surface area contributed by atoms with Gasteiger partial charge in [0.25, 0.3) is 0 Å². The second-order valence-corrected chi connectivity index (χ2v) is 5.59. The molecule has 2 aromatic carbocycles. The van der Waals surface area contributed by atoms with Crippen molar-refractivity contribution in [2.45, 2.75) is 26.4 Å². The zero-order chi connectivity index (χ0) is 15.4. The second kappa shape index (κ2) is 6.64. The molecule has 21 heavy (non-hydrogen) atoms. The Morgan fingerprint density at radius 2 is 1.86 bits per heavy atom. The van der Waals surface area contributed by atoms with Gasteiger partial charge in [-0.25, -0.2) is 0 Å². The molecule has 0 aromatic heterocycles. The summed E-state index contributed by atoms with van der Waals surface area (Å²) in [4.78, 5) is 11.1. The number of benzene rings is 2. The predicted octanol–water partition coefficient (Wildman–Crippen LogP) is 4.14. The van der Waals surface area contributed by atoms with Crippen LogP contribution in [0, 0.1) is 0 Å². The lowest BCUT2D eigenvalue weighted by Gasteiger charge is -2.10. The summed E-state index contributed by atoms with van der Waals surface area (Å²) in [6.45, 7) is 4.64. The molecular weight excluding hydrogens is 286 g/mol. The molecule has 0 aliphatic heterocycles. The molecule has 110 valence electrons. The minimum Gasteiger partial charge on any atom is -0.489 e. The zero-order valence-electron chi connectivity index (χ0n) is 12.1. The van der Waals surface area contributed by atoms with E-state index >= 15 is 0 Å². The van der Waals surface area contributed by atoms with Crippen LogP contribution in [0.2, 0.25) is 5.02 Å². The summed E-state index contributed by atoms with van der Waals surface area (Å²) < 4.78 is 5.71. The second-order valence-electron chi connectivity index (χ2n) is 5.18. The number of carbonyl (C=O) groups excluding carboxylic acids is 1. The number of primary amides is 1. The summed E-state index contributed by atoms with van der Waals surface area (Å²) in [6, 6.07) is 13.0. The van der Waals surface area contributed by atoms with E-state index in [1.54, 1.807) is 18.2 Å². The van der Waals surface area contributed by atoms with Crippen LogP contribution in [0.5, 0.6) is 5.75 Å². The van der Waals surface area contributed by atoms with Crippen LogP contribution < -0.4 is 10.5 Å². The van der Waals surface area contributed by atoms with Gasteiger partial charge in [-0.1, -0.05) is 43.6 Å². The first-order chi connectivity index (χ1) is 9.97. The van der Waals surface area contributed by atoms with Gasteiger partial charge in [-0.2, -0.15) is 0 Å². The fourth-order valence-corrected chi connectivity index (χ4v) is 2.16. The minimum absolute atomic E-state index is 0.346. The first-order valence-corrected chi connectivity index (χ1v) is 7.16. The highest BCUT2D eigenvalue weighted by Gasteiger charge is 2.06. The number of nitrogens with two attached hydrogens (primary N) is 1. The van der Waals surface area contributed by atoms with E-state index in [1.165, 1.54) is 5.56 Å². The van der Waals surface area contributed by atoms with Gasteiger partial charge in [0.15, 0.2) is 0 Å². The molecule has 3 nitrogen and oxygen atoms in total. The summed E-state index contributed by atoms with van der Waals surface area (Å²) in [5, 5.41) is 0.477. The molecule has 0 saturated heterocycles. The summed E-state index contributed by atoms with van der Waals surface area (Å²) in [7, 11) is 0. The predicted molar refractivity (Wildman–Crippen MR) is 84.8 cm³/mol.